The van der Waals surface area contributed by atoms with Gasteiger partial charge in [-0.1, -0.05) is 0 Å². The average Bonchev–Trinajstić information content (AvgIpc) is 3.91. The molecule has 1 atom stereocenters. The molecule has 0 saturated carbocycles. The predicted octanol–water partition coefficient (Wildman–Crippen LogP) is 2.43. The van der Waals surface area contributed by atoms with Crippen LogP contribution < -0.4 is 20.4 Å². The van der Waals surface area contributed by atoms with Gasteiger partial charge in [-0.15, -0.1) is 0 Å². The van der Waals surface area contributed by atoms with Crippen molar-refractivity contribution in [3.05, 3.63) is 77.9 Å². The highest BCUT2D eigenvalue weighted by Crippen LogP contribution is 2.38. The fourth-order valence-corrected chi connectivity index (χ4v) is 8.93. The molecular weight excluding hydrogens is 750 g/mol. The minimum Gasteiger partial charge on any atom is -0.378 e. The lowest BCUT2D eigenvalue weighted by atomic mass is 9.92. The molecule has 8 heterocycles. The van der Waals surface area contributed by atoms with Crippen molar-refractivity contribution in [2.24, 2.45) is 0 Å². The Hall–Kier alpha value is -6.27. The molecule has 0 radical (unpaired) electrons. The number of nitrogens with zero attached hydrogens (tertiary/aromatic N) is 9. The summed E-state index contributed by atoms with van der Waals surface area (Å²) in [5.74, 6) is -2.55. The highest BCUT2D eigenvalue weighted by molar-refractivity contribution is 6.23. The molecule has 3 aromatic heterocycles. The number of rotatable bonds is 8. The first-order valence-electron chi connectivity index (χ1n) is 19.6. The van der Waals surface area contributed by atoms with Gasteiger partial charge in [0.2, 0.25) is 11.8 Å². The Morgan fingerprint density at radius 2 is 1.76 bits per heavy atom. The number of carbonyl (C=O) groups is 5. The van der Waals surface area contributed by atoms with E-state index in [1.807, 2.05) is 27.9 Å². The van der Waals surface area contributed by atoms with Crippen LogP contribution in [0.4, 0.5) is 21.5 Å². The van der Waals surface area contributed by atoms with Crippen LogP contribution in [0, 0.1) is 0 Å². The van der Waals surface area contributed by atoms with E-state index in [1.165, 1.54) is 6.20 Å². The van der Waals surface area contributed by atoms with Crippen molar-refractivity contribution in [2.45, 2.75) is 43.4 Å². The van der Waals surface area contributed by atoms with Gasteiger partial charge in [0.05, 0.1) is 66.6 Å². The normalized spacial score (nSPS) is 21.5. The molecule has 58 heavy (non-hydrogen) atoms. The second kappa shape index (κ2) is 14.0. The van der Waals surface area contributed by atoms with E-state index in [1.54, 1.807) is 41.2 Å². The van der Waals surface area contributed by atoms with Crippen molar-refractivity contribution in [3.8, 4) is 0 Å². The molecule has 0 bridgehead atoms. The van der Waals surface area contributed by atoms with Gasteiger partial charge in [0.25, 0.3) is 17.7 Å². The lowest BCUT2D eigenvalue weighted by molar-refractivity contribution is -0.136. The van der Waals surface area contributed by atoms with E-state index in [2.05, 4.69) is 30.5 Å². The summed E-state index contributed by atoms with van der Waals surface area (Å²) in [4.78, 5) is 75.5. The van der Waals surface area contributed by atoms with E-state index >= 15 is 4.39 Å². The molecule has 5 aliphatic heterocycles. The molecule has 4 saturated heterocycles. The zero-order valence-electron chi connectivity index (χ0n) is 31.5. The summed E-state index contributed by atoms with van der Waals surface area (Å²) in [6.07, 6.45) is 8.62. The first kappa shape index (κ1) is 36.1. The zero-order chi connectivity index (χ0) is 39.7. The van der Waals surface area contributed by atoms with E-state index in [-0.39, 0.29) is 55.6 Å². The number of likely N-dealkylation sites (tertiary alicyclic amines) is 1. The Balaban J connectivity index is 0.783. The number of amides is 5. The second-order valence-electron chi connectivity index (χ2n) is 15.7. The SMILES string of the molecule is O=C1CCC(N2C(=O)c3ccc(N4CC(F)(CN5CCC(n6cc7cc(NC(=O)c8cnn9cccnc89)c(N8CCOCC8)cc7n6)CC5)C4)cc3C2=O)C(=O)N1. The number of morpholine rings is 1. The summed E-state index contributed by atoms with van der Waals surface area (Å²) in [6, 6.07) is 9.68. The molecular formula is C40H40FN11O6. The summed E-state index contributed by atoms with van der Waals surface area (Å²) in [6.45, 7) is 4.49. The van der Waals surface area contributed by atoms with Crippen LogP contribution in [0.1, 0.15) is 62.8 Å². The van der Waals surface area contributed by atoms with Crippen LogP contribution in [0.25, 0.3) is 16.6 Å². The Morgan fingerprint density at radius 1 is 0.966 bits per heavy atom. The van der Waals surface area contributed by atoms with Crippen LogP contribution in [0.3, 0.4) is 0 Å². The molecule has 18 heteroatoms. The summed E-state index contributed by atoms with van der Waals surface area (Å²) in [5.41, 5.74) is 2.76. The number of piperidine rings is 2. The number of ether oxygens (including phenoxy) is 1. The van der Waals surface area contributed by atoms with E-state index in [4.69, 9.17) is 9.84 Å². The number of anilines is 3. The second-order valence-corrected chi connectivity index (χ2v) is 15.7. The van der Waals surface area contributed by atoms with Crippen molar-refractivity contribution in [3.63, 3.8) is 0 Å². The Kier molecular flexibility index (Phi) is 8.70. The number of aromatic nitrogens is 5. The van der Waals surface area contributed by atoms with Crippen LogP contribution in [-0.4, -0.2) is 134 Å². The Morgan fingerprint density at radius 3 is 2.55 bits per heavy atom. The molecule has 17 nitrogen and oxygen atoms in total. The number of halogens is 1. The minimum absolute atomic E-state index is 0.0456. The maximum absolute atomic E-state index is 16.1. The number of carbonyl (C=O) groups excluding carboxylic acids is 5. The van der Waals surface area contributed by atoms with Crippen molar-refractivity contribution in [1.29, 1.82) is 0 Å². The third-order valence-electron chi connectivity index (χ3n) is 11.9. The van der Waals surface area contributed by atoms with Gasteiger partial charge >= 0.3 is 0 Å². The molecule has 5 aliphatic rings. The molecule has 0 aliphatic carbocycles. The lowest BCUT2D eigenvalue weighted by Gasteiger charge is -2.48. The monoisotopic (exact) mass is 789 g/mol. The largest absolute Gasteiger partial charge is 0.378 e. The highest BCUT2D eigenvalue weighted by Gasteiger charge is 2.48. The molecule has 2 aromatic carbocycles. The van der Waals surface area contributed by atoms with Crippen LogP contribution in [0.15, 0.2) is 61.2 Å². The molecule has 0 spiro atoms. The molecule has 5 aromatic rings. The summed E-state index contributed by atoms with van der Waals surface area (Å²) >= 11 is 0. The van der Waals surface area contributed by atoms with Gasteiger partial charge in [-0.05, 0) is 55.7 Å². The van der Waals surface area contributed by atoms with Gasteiger partial charge in [-0.25, -0.2) is 13.9 Å². The van der Waals surface area contributed by atoms with Crippen molar-refractivity contribution >= 4 is 63.1 Å². The molecule has 298 valence electrons. The van der Waals surface area contributed by atoms with Crippen LogP contribution in [0.2, 0.25) is 0 Å². The standard InChI is InChI=1S/C40H40FN11O6/c41-40(22-49(23-40)26-2-3-27-28(17-26)39(57)52(38(27)56)32-4-5-34(53)45-37(32)55)21-47-10-6-25(7-11-47)51-20-24-16-31(33(18-30(24)46-51)48-12-14-58-15-13-48)44-36(54)29-19-43-50-9-1-8-42-35(29)50/h1-3,8-9,16-20,25,32H,4-7,10-15,21-23H2,(H,44,54)(H,45,53,55). The van der Waals surface area contributed by atoms with E-state index in [9.17, 15) is 24.0 Å². The van der Waals surface area contributed by atoms with E-state index in [0.29, 0.717) is 62.0 Å². The van der Waals surface area contributed by atoms with Crippen molar-refractivity contribution in [1.82, 2.24) is 39.5 Å². The first-order valence-corrected chi connectivity index (χ1v) is 19.6. The van der Waals surface area contributed by atoms with Gasteiger partial charge in [-0.2, -0.15) is 10.2 Å². The highest BCUT2D eigenvalue weighted by atomic mass is 19.1. The number of benzene rings is 2. The number of alkyl halides is 1. The van der Waals surface area contributed by atoms with Crippen molar-refractivity contribution < 1.29 is 33.1 Å². The van der Waals surface area contributed by atoms with Gasteiger partial charge in [0.1, 0.15) is 11.6 Å². The maximum Gasteiger partial charge on any atom is 0.262 e. The van der Waals surface area contributed by atoms with Crippen LogP contribution in [0.5, 0.6) is 0 Å². The number of fused-ring (bicyclic) bond motifs is 3. The molecule has 5 amide bonds. The molecule has 2 N–H and O–H groups in total. The third kappa shape index (κ3) is 6.32. The van der Waals surface area contributed by atoms with Crippen LogP contribution in [-0.2, 0) is 14.3 Å². The van der Waals surface area contributed by atoms with E-state index < -0.39 is 35.3 Å². The lowest BCUT2D eigenvalue weighted by Crippen LogP contribution is -2.64. The predicted molar refractivity (Wildman–Crippen MR) is 208 cm³/mol. The zero-order valence-corrected chi connectivity index (χ0v) is 31.5. The molecule has 4 fully saturated rings. The fraction of sp³-hybridized carbons (Fsp3) is 0.400. The van der Waals surface area contributed by atoms with E-state index in [0.717, 1.165) is 34.3 Å². The number of imide groups is 2. The topological polar surface area (TPSA) is 180 Å². The number of nitrogens with one attached hydrogen (secondary N) is 2. The quantitative estimate of drug-likeness (QED) is 0.220. The summed E-state index contributed by atoms with van der Waals surface area (Å²) in [5, 5.41) is 15.5. The fourth-order valence-electron chi connectivity index (χ4n) is 8.93. The Bertz CT molecular complexity index is 2520. The smallest absolute Gasteiger partial charge is 0.262 e. The summed E-state index contributed by atoms with van der Waals surface area (Å²) in [7, 11) is 0. The van der Waals surface area contributed by atoms with Crippen molar-refractivity contribution in [2.75, 3.05) is 74.1 Å². The number of hydrogen-bond acceptors (Lipinski definition) is 12. The molecule has 1 unspecified atom stereocenters. The number of hydrogen-bond donors (Lipinski definition) is 2. The van der Waals surface area contributed by atoms with Gasteiger partial charge in [0.15, 0.2) is 11.3 Å². The minimum atomic E-state index is -1.44. The first-order chi connectivity index (χ1) is 28.1. The van der Waals surface area contributed by atoms with Gasteiger partial charge in [-0.3, -0.25) is 43.8 Å². The maximum atomic E-state index is 16.1. The Labute approximate surface area is 330 Å². The van der Waals surface area contributed by atoms with Gasteiger partial charge < -0.3 is 19.9 Å². The average molecular weight is 790 g/mol. The van der Waals surface area contributed by atoms with Crippen LogP contribution >= 0.6 is 0 Å². The third-order valence-corrected chi connectivity index (χ3v) is 11.9. The van der Waals surface area contributed by atoms with Gasteiger partial charge in [0, 0.05) is 68.8 Å². The summed E-state index contributed by atoms with van der Waals surface area (Å²) < 4.78 is 25.3. The molecule has 10 rings (SSSR count).